The maximum absolute atomic E-state index is 9.27. The van der Waals surface area contributed by atoms with Crippen molar-refractivity contribution in [2.24, 2.45) is 40.2 Å². The van der Waals surface area contributed by atoms with Gasteiger partial charge in [-0.2, -0.15) is 0 Å². The van der Waals surface area contributed by atoms with Crippen LogP contribution in [-0.4, -0.2) is 23.1 Å². The van der Waals surface area contributed by atoms with E-state index in [9.17, 15) is 5.21 Å². The molecule has 3 heteroatoms. The maximum Gasteiger partial charge on any atom is 0.0926 e. The van der Waals surface area contributed by atoms with Gasteiger partial charge in [0.25, 0.3) is 0 Å². The van der Waals surface area contributed by atoms with Crippen LogP contribution in [0.15, 0.2) is 29.0 Å². The Morgan fingerprint density at radius 3 is 2.81 bits per heavy atom. The molecule has 3 unspecified atom stereocenters. The van der Waals surface area contributed by atoms with Crippen molar-refractivity contribution in [1.82, 2.24) is 0 Å². The minimum Gasteiger partial charge on any atom is -0.411 e. The van der Waals surface area contributed by atoms with Crippen molar-refractivity contribution in [1.29, 1.82) is 0 Å². The van der Waals surface area contributed by atoms with E-state index in [1.165, 1.54) is 51.4 Å². The van der Waals surface area contributed by atoms with Gasteiger partial charge in [0.15, 0.2) is 0 Å². The van der Waals surface area contributed by atoms with Crippen LogP contribution in [0, 0.1) is 35.0 Å². The predicted molar refractivity (Wildman–Crippen MR) is 108 cm³/mol. The average molecular weight is 370 g/mol. The van der Waals surface area contributed by atoms with Gasteiger partial charge in [-0.3, -0.25) is 0 Å². The van der Waals surface area contributed by atoms with Crippen LogP contribution in [0.4, 0.5) is 0 Å². The lowest BCUT2D eigenvalue weighted by atomic mass is 9.47. The molecule has 4 aliphatic carbocycles. The molecule has 0 aromatic rings. The molecule has 5 aliphatic rings. The summed E-state index contributed by atoms with van der Waals surface area (Å²) in [5.74, 6) is 4.03. The third-order valence-electron chi connectivity index (χ3n) is 9.47. The summed E-state index contributed by atoms with van der Waals surface area (Å²) in [7, 11) is 0. The first kappa shape index (κ1) is 18.0. The minimum absolute atomic E-state index is 0.0368. The molecule has 1 aliphatic heterocycles. The number of allylic oxidation sites excluding steroid dienone is 2. The second kappa shape index (κ2) is 6.47. The summed E-state index contributed by atoms with van der Waals surface area (Å²) in [4.78, 5) is 0. The highest BCUT2D eigenvalue weighted by molar-refractivity contribution is 5.96. The van der Waals surface area contributed by atoms with Crippen molar-refractivity contribution < 1.29 is 9.94 Å². The third-order valence-corrected chi connectivity index (χ3v) is 9.47. The Hall–Kier alpha value is -1.09. The quantitative estimate of drug-likeness (QED) is 0.383. The van der Waals surface area contributed by atoms with Gasteiger partial charge in [0.2, 0.25) is 0 Å². The second-order valence-corrected chi connectivity index (χ2v) is 9.87. The summed E-state index contributed by atoms with van der Waals surface area (Å²) in [5, 5.41) is 12.8. The van der Waals surface area contributed by atoms with Crippen LogP contribution in [0.3, 0.4) is 0 Å². The number of hydrogen-bond donors (Lipinski definition) is 1. The van der Waals surface area contributed by atoms with E-state index < -0.39 is 0 Å². The third kappa shape index (κ3) is 2.33. The number of fused-ring (bicyclic) bond motifs is 6. The zero-order chi connectivity index (χ0) is 18.6. The lowest BCUT2D eigenvalue weighted by molar-refractivity contribution is -0.132. The SMILES string of the molecule is CC[C@H]1CC2=C/C(=N/O)CC[C@@H]2C2CC[C@@]3(CC)C(CC[C@@]34C=CCO4)C21. The number of nitrogens with zero attached hydrogens (tertiary/aromatic N) is 1. The number of ether oxygens (including phenoxy) is 1. The fourth-order valence-electron chi connectivity index (χ4n) is 8.43. The molecule has 0 aromatic heterocycles. The van der Waals surface area contributed by atoms with Crippen LogP contribution in [0.5, 0.6) is 0 Å². The Bertz CT molecular complexity index is 694. The summed E-state index contributed by atoms with van der Waals surface area (Å²) < 4.78 is 6.48. The molecule has 1 heterocycles. The zero-order valence-electron chi connectivity index (χ0n) is 17.0. The molecule has 0 radical (unpaired) electrons. The van der Waals surface area contributed by atoms with Crippen molar-refractivity contribution in [3.63, 3.8) is 0 Å². The number of rotatable bonds is 2. The lowest BCUT2D eigenvalue weighted by Gasteiger charge is -2.59. The van der Waals surface area contributed by atoms with Crippen molar-refractivity contribution in [3.05, 3.63) is 23.8 Å². The highest BCUT2D eigenvalue weighted by Crippen LogP contribution is 2.69. The van der Waals surface area contributed by atoms with Gasteiger partial charge < -0.3 is 9.94 Å². The van der Waals surface area contributed by atoms with Crippen LogP contribution >= 0.6 is 0 Å². The Morgan fingerprint density at radius 2 is 2.11 bits per heavy atom. The molecular weight excluding hydrogens is 334 g/mol. The van der Waals surface area contributed by atoms with E-state index in [1.807, 2.05) is 0 Å². The molecule has 3 nitrogen and oxygen atoms in total. The zero-order valence-corrected chi connectivity index (χ0v) is 17.0. The molecule has 148 valence electrons. The van der Waals surface area contributed by atoms with E-state index in [0.717, 1.165) is 48.3 Å². The summed E-state index contributed by atoms with van der Waals surface area (Å²) in [6.45, 7) is 5.64. The fourth-order valence-corrected chi connectivity index (χ4v) is 8.43. The highest BCUT2D eigenvalue weighted by Gasteiger charge is 2.65. The van der Waals surface area contributed by atoms with Crippen molar-refractivity contribution in [2.75, 3.05) is 6.61 Å². The topological polar surface area (TPSA) is 41.8 Å². The van der Waals surface area contributed by atoms with Gasteiger partial charge in [-0.25, -0.2) is 0 Å². The summed E-state index contributed by atoms with van der Waals surface area (Å²) in [6, 6.07) is 0. The normalized spacial score (nSPS) is 49.8. The maximum atomic E-state index is 9.27. The van der Waals surface area contributed by atoms with E-state index in [2.05, 4.69) is 37.2 Å². The molecule has 27 heavy (non-hydrogen) atoms. The van der Waals surface area contributed by atoms with E-state index >= 15 is 0 Å². The first-order chi connectivity index (χ1) is 13.2. The van der Waals surface area contributed by atoms with E-state index in [-0.39, 0.29) is 5.60 Å². The van der Waals surface area contributed by atoms with Crippen molar-refractivity contribution in [2.45, 2.75) is 77.2 Å². The number of oxime groups is 1. The van der Waals surface area contributed by atoms with E-state index in [4.69, 9.17) is 4.74 Å². The molecule has 1 spiro atoms. The minimum atomic E-state index is 0.0368. The summed E-state index contributed by atoms with van der Waals surface area (Å²) in [6.07, 6.45) is 18.2. The molecular formula is C24H35NO2. The standard InChI is InChI=1S/C24H35NO2/c1-3-16-14-17-15-18(25-26)6-7-19(17)20-8-11-23(4-2)21(22(16)20)9-12-24(23)10-5-13-27-24/h5,10,15-16,19-22,26H,3-4,6-9,11-14H2,1-2H3/b25-18+/t16-,19-,20?,21?,22?,23-,24-/m0/s1. The van der Waals surface area contributed by atoms with Gasteiger partial charge in [0.05, 0.1) is 17.9 Å². The Kier molecular flexibility index (Phi) is 4.31. The van der Waals surface area contributed by atoms with Crippen LogP contribution in [0.1, 0.15) is 71.6 Å². The van der Waals surface area contributed by atoms with Crippen LogP contribution < -0.4 is 0 Å². The van der Waals surface area contributed by atoms with Gasteiger partial charge in [-0.05, 0) is 87.0 Å². The van der Waals surface area contributed by atoms with Crippen LogP contribution in [-0.2, 0) is 4.74 Å². The smallest absolute Gasteiger partial charge is 0.0926 e. The Morgan fingerprint density at radius 1 is 1.22 bits per heavy atom. The first-order valence-corrected chi connectivity index (χ1v) is 11.4. The molecule has 3 fully saturated rings. The van der Waals surface area contributed by atoms with Gasteiger partial charge in [-0.1, -0.05) is 43.1 Å². The van der Waals surface area contributed by atoms with Crippen LogP contribution in [0.25, 0.3) is 0 Å². The molecule has 7 atom stereocenters. The fraction of sp³-hybridized carbons (Fsp3) is 0.792. The summed E-state index contributed by atoms with van der Waals surface area (Å²) in [5.41, 5.74) is 2.89. The molecule has 1 N–H and O–H groups in total. The average Bonchev–Trinajstić information content (AvgIpc) is 3.33. The predicted octanol–water partition coefficient (Wildman–Crippen LogP) is 5.74. The highest BCUT2D eigenvalue weighted by atomic mass is 16.5. The second-order valence-electron chi connectivity index (χ2n) is 9.87. The van der Waals surface area contributed by atoms with Gasteiger partial charge in [0.1, 0.15) is 0 Å². The molecule has 0 aromatic carbocycles. The number of hydrogen-bond acceptors (Lipinski definition) is 3. The molecule has 0 amide bonds. The van der Waals surface area contributed by atoms with Crippen LogP contribution in [0.2, 0.25) is 0 Å². The Balaban J connectivity index is 1.53. The largest absolute Gasteiger partial charge is 0.411 e. The lowest BCUT2D eigenvalue weighted by Crippen LogP contribution is -2.55. The van der Waals surface area contributed by atoms with Gasteiger partial charge >= 0.3 is 0 Å². The first-order valence-electron chi connectivity index (χ1n) is 11.4. The van der Waals surface area contributed by atoms with Gasteiger partial charge in [0, 0.05) is 5.41 Å². The monoisotopic (exact) mass is 369 g/mol. The van der Waals surface area contributed by atoms with E-state index in [0.29, 0.717) is 5.41 Å². The summed E-state index contributed by atoms with van der Waals surface area (Å²) >= 11 is 0. The molecule has 3 saturated carbocycles. The molecule has 0 bridgehead atoms. The Labute approximate surface area is 163 Å². The molecule has 0 saturated heterocycles. The van der Waals surface area contributed by atoms with E-state index in [1.54, 1.807) is 5.57 Å². The van der Waals surface area contributed by atoms with Crippen molar-refractivity contribution in [3.8, 4) is 0 Å². The van der Waals surface area contributed by atoms with Crippen molar-refractivity contribution >= 4 is 5.71 Å². The van der Waals surface area contributed by atoms with Gasteiger partial charge in [-0.15, -0.1) is 0 Å². The molecule has 5 rings (SSSR count).